The largest absolute Gasteiger partial charge is 0.480 e. The molecule has 0 aliphatic carbocycles. The van der Waals surface area contributed by atoms with E-state index < -0.39 is 5.97 Å². The summed E-state index contributed by atoms with van der Waals surface area (Å²) in [4.78, 5) is 29.5. The molecule has 1 N–H and O–H groups in total. The summed E-state index contributed by atoms with van der Waals surface area (Å²) in [6.07, 6.45) is 3.19. The van der Waals surface area contributed by atoms with E-state index in [1.165, 1.54) is 0 Å². The lowest BCUT2D eigenvalue weighted by Crippen LogP contribution is -2.59. The van der Waals surface area contributed by atoms with Crippen LogP contribution >= 0.6 is 0 Å². The highest BCUT2D eigenvalue weighted by atomic mass is 16.4. The molecule has 18 heavy (non-hydrogen) atoms. The Morgan fingerprint density at radius 1 is 1.72 bits per heavy atom. The van der Waals surface area contributed by atoms with Crippen molar-refractivity contribution in [1.82, 2.24) is 9.80 Å². The lowest BCUT2D eigenvalue weighted by Gasteiger charge is -2.45. The summed E-state index contributed by atoms with van der Waals surface area (Å²) < 4.78 is 0. The standard InChI is InChI=1S/C12H19N3O3/c1-8(14(2)7-16)5-9-6-11(13-9)15-4-3-10(15)12(17)18/h7-8,10-11H,3-6H2,1-2H3,(H,17,18). The zero-order valence-electron chi connectivity index (χ0n) is 10.7. The molecular formula is C12H19N3O3. The Morgan fingerprint density at radius 2 is 2.39 bits per heavy atom. The van der Waals surface area contributed by atoms with Crippen LogP contribution in [0.2, 0.25) is 0 Å². The van der Waals surface area contributed by atoms with Gasteiger partial charge < -0.3 is 10.0 Å². The van der Waals surface area contributed by atoms with E-state index in [0.717, 1.165) is 37.9 Å². The van der Waals surface area contributed by atoms with Gasteiger partial charge in [0.05, 0.1) is 0 Å². The second-order valence-electron chi connectivity index (χ2n) is 5.08. The number of likely N-dealkylation sites (tertiary alicyclic amines) is 1. The number of carbonyl (C=O) groups excluding carboxylic acids is 1. The molecule has 2 rings (SSSR count). The van der Waals surface area contributed by atoms with Crippen molar-refractivity contribution in [3.05, 3.63) is 0 Å². The number of rotatable bonds is 6. The van der Waals surface area contributed by atoms with Crippen LogP contribution in [0.5, 0.6) is 0 Å². The zero-order chi connectivity index (χ0) is 13.3. The fourth-order valence-corrected chi connectivity index (χ4v) is 2.35. The molecule has 0 aromatic carbocycles. The van der Waals surface area contributed by atoms with Gasteiger partial charge in [-0.25, -0.2) is 0 Å². The summed E-state index contributed by atoms with van der Waals surface area (Å²) in [5.41, 5.74) is 1.08. The third-order valence-corrected chi connectivity index (χ3v) is 3.87. The van der Waals surface area contributed by atoms with Gasteiger partial charge in [0.1, 0.15) is 12.2 Å². The molecule has 3 unspecified atom stereocenters. The molecule has 0 aromatic heterocycles. The fraction of sp³-hybridized carbons (Fsp3) is 0.750. The quantitative estimate of drug-likeness (QED) is 0.685. The van der Waals surface area contributed by atoms with Gasteiger partial charge in [-0.05, 0) is 13.3 Å². The number of carboxylic acid groups (broad SMARTS) is 1. The molecule has 0 saturated carbocycles. The van der Waals surface area contributed by atoms with Crippen molar-refractivity contribution in [1.29, 1.82) is 0 Å². The Balaban J connectivity index is 1.81. The number of amides is 1. The van der Waals surface area contributed by atoms with Crippen molar-refractivity contribution < 1.29 is 14.7 Å². The monoisotopic (exact) mass is 253 g/mol. The van der Waals surface area contributed by atoms with E-state index in [9.17, 15) is 9.59 Å². The molecule has 6 nitrogen and oxygen atoms in total. The first kappa shape index (κ1) is 13.0. The van der Waals surface area contributed by atoms with Gasteiger partial charge in [-0.15, -0.1) is 0 Å². The summed E-state index contributed by atoms with van der Waals surface area (Å²) >= 11 is 0. The summed E-state index contributed by atoms with van der Waals surface area (Å²) in [6.45, 7) is 2.80. The predicted molar refractivity (Wildman–Crippen MR) is 66.5 cm³/mol. The molecular weight excluding hydrogens is 234 g/mol. The van der Waals surface area contributed by atoms with E-state index in [1.807, 2.05) is 11.8 Å². The molecule has 2 aliphatic rings. The second-order valence-corrected chi connectivity index (χ2v) is 5.08. The van der Waals surface area contributed by atoms with Crippen LogP contribution in [0.3, 0.4) is 0 Å². The van der Waals surface area contributed by atoms with Crippen LogP contribution < -0.4 is 0 Å². The number of nitrogens with zero attached hydrogens (tertiary/aromatic N) is 3. The van der Waals surface area contributed by atoms with Crippen LogP contribution in [0.4, 0.5) is 0 Å². The first-order valence-electron chi connectivity index (χ1n) is 6.24. The highest BCUT2D eigenvalue weighted by Crippen LogP contribution is 2.29. The normalized spacial score (nSPS) is 28.7. The summed E-state index contributed by atoms with van der Waals surface area (Å²) in [5, 5.41) is 8.95. The van der Waals surface area contributed by atoms with Crippen LogP contribution in [-0.2, 0) is 9.59 Å². The van der Waals surface area contributed by atoms with Crippen LogP contribution in [0.15, 0.2) is 4.99 Å². The number of hydrogen-bond donors (Lipinski definition) is 1. The van der Waals surface area contributed by atoms with Crippen LogP contribution in [0, 0.1) is 0 Å². The van der Waals surface area contributed by atoms with Crippen LogP contribution in [-0.4, -0.2) is 64.8 Å². The van der Waals surface area contributed by atoms with E-state index >= 15 is 0 Å². The molecule has 1 amide bonds. The van der Waals surface area contributed by atoms with Crippen molar-refractivity contribution >= 4 is 18.1 Å². The van der Waals surface area contributed by atoms with Gasteiger partial charge in [0.25, 0.3) is 0 Å². The van der Waals surface area contributed by atoms with Crippen molar-refractivity contribution in [2.75, 3.05) is 13.6 Å². The Morgan fingerprint density at radius 3 is 2.83 bits per heavy atom. The molecule has 0 bridgehead atoms. The second kappa shape index (κ2) is 5.06. The Labute approximate surface area is 106 Å². The first-order chi connectivity index (χ1) is 8.52. The number of carbonyl (C=O) groups is 2. The van der Waals surface area contributed by atoms with E-state index in [0.29, 0.717) is 0 Å². The fourth-order valence-electron chi connectivity index (χ4n) is 2.35. The maximum atomic E-state index is 10.9. The van der Waals surface area contributed by atoms with E-state index in [1.54, 1.807) is 11.9 Å². The molecule has 2 aliphatic heterocycles. The zero-order valence-corrected chi connectivity index (χ0v) is 10.7. The Hall–Kier alpha value is -1.43. The van der Waals surface area contributed by atoms with E-state index in [2.05, 4.69) is 4.99 Å². The number of aliphatic carboxylic acids is 1. The third kappa shape index (κ3) is 2.38. The molecule has 0 spiro atoms. The van der Waals surface area contributed by atoms with Crippen molar-refractivity contribution in [3.63, 3.8) is 0 Å². The Kier molecular flexibility index (Phi) is 3.65. The highest BCUT2D eigenvalue weighted by molar-refractivity contribution is 5.90. The molecule has 0 aromatic rings. The van der Waals surface area contributed by atoms with Gasteiger partial charge in [0.2, 0.25) is 6.41 Å². The smallest absolute Gasteiger partial charge is 0.321 e. The lowest BCUT2D eigenvalue weighted by molar-refractivity contribution is -0.150. The topological polar surface area (TPSA) is 73.2 Å². The minimum atomic E-state index is -0.751. The van der Waals surface area contributed by atoms with Gasteiger partial charge >= 0.3 is 5.97 Å². The lowest BCUT2D eigenvalue weighted by atomic mass is 9.95. The molecule has 0 radical (unpaired) electrons. The molecule has 100 valence electrons. The third-order valence-electron chi connectivity index (χ3n) is 3.87. The van der Waals surface area contributed by atoms with Crippen LogP contribution in [0.25, 0.3) is 0 Å². The summed E-state index contributed by atoms with van der Waals surface area (Å²) in [5.74, 6) is -0.751. The molecule has 3 atom stereocenters. The van der Waals surface area contributed by atoms with Crippen LogP contribution in [0.1, 0.15) is 26.2 Å². The van der Waals surface area contributed by atoms with Gasteiger partial charge in [-0.3, -0.25) is 19.5 Å². The first-order valence-corrected chi connectivity index (χ1v) is 6.24. The average molecular weight is 253 g/mol. The highest BCUT2D eigenvalue weighted by Gasteiger charge is 2.41. The predicted octanol–water partition coefficient (Wildman–Crippen LogP) is 0.183. The minimum absolute atomic E-state index is 0.0450. The average Bonchev–Trinajstić information content (AvgIpc) is 2.22. The number of aliphatic imine (C=N–C) groups is 1. The van der Waals surface area contributed by atoms with E-state index in [-0.39, 0.29) is 18.2 Å². The van der Waals surface area contributed by atoms with Gasteiger partial charge in [0.15, 0.2) is 0 Å². The SMILES string of the molecule is CC(CC1=NC(N2CCC2C(=O)O)C1)N(C)C=O. The molecule has 6 heteroatoms. The summed E-state index contributed by atoms with van der Waals surface area (Å²) in [7, 11) is 1.75. The van der Waals surface area contributed by atoms with Gasteiger partial charge in [-0.1, -0.05) is 0 Å². The maximum Gasteiger partial charge on any atom is 0.321 e. The van der Waals surface area contributed by atoms with Gasteiger partial charge in [-0.2, -0.15) is 0 Å². The minimum Gasteiger partial charge on any atom is -0.480 e. The van der Waals surface area contributed by atoms with Gasteiger partial charge in [0, 0.05) is 38.2 Å². The summed E-state index contributed by atoms with van der Waals surface area (Å²) in [6, 6.07) is -0.204. The molecule has 1 fully saturated rings. The van der Waals surface area contributed by atoms with Crippen molar-refractivity contribution in [2.24, 2.45) is 4.99 Å². The molecule has 1 saturated heterocycles. The Bertz CT molecular complexity index is 383. The number of hydrogen-bond acceptors (Lipinski definition) is 4. The maximum absolute atomic E-state index is 10.9. The molecule has 2 heterocycles. The van der Waals surface area contributed by atoms with E-state index in [4.69, 9.17) is 5.11 Å². The number of carboxylic acids is 1. The van der Waals surface area contributed by atoms with Crippen molar-refractivity contribution in [2.45, 2.75) is 44.4 Å². The van der Waals surface area contributed by atoms with Crippen molar-refractivity contribution in [3.8, 4) is 0 Å².